The highest BCUT2D eigenvalue weighted by atomic mass is 35.5. The molecule has 0 bridgehead atoms. The average Bonchev–Trinajstić information content (AvgIpc) is 2.88. The predicted molar refractivity (Wildman–Crippen MR) is 79.0 cm³/mol. The van der Waals surface area contributed by atoms with E-state index in [1.165, 1.54) is 25.7 Å². The third-order valence-corrected chi connectivity index (χ3v) is 4.71. The van der Waals surface area contributed by atoms with Crippen molar-refractivity contribution in [2.24, 2.45) is 0 Å². The van der Waals surface area contributed by atoms with E-state index < -0.39 is 0 Å². The highest BCUT2D eigenvalue weighted by Gasteiger charge is 2.32. The fraction of sp³-hybridized carbons (Fsp3) is 0.667. The fourth-order valence-corrected chi connectivity index (χ4v) is 3.29. The Hall–Kier alpha value is -0.800. The maximum atomic E-state index is 6.15. The Balaban J connectivity index is 2.11. The van der Waals surface area contributed by atoms with Crippen LogP contribution < -0.4 is 10.1 Å². The minimum absolute atomic E-state index is 0.105. The van der Waals surface area contributed by atoms with Gasteiger partial charge in [0.25, 0.3) is 0 Å². The zero-order chi connectivity index (χ0) is 13.9. The molecule has 0 atom stereocenters. The summed E-state index contributed by atoms with van der Waals surface area (Å²) in [6, 6.07) is 0. The van der Waals surface area contributed by atoms with E-state index in [4.69, 9.17) is 16.3 Å². The number of hydrogen-bond acceptors (Lipinski definition) is 3. The number of pyridine rings is 1. The van der Waals surface area contributed by atoms with Crippen LogP contribution in [0.3, 0.4) is 0 Å². The smallest absolute Gasteiger partial charge is 0.128 e. The van der Waals surface area contributed by atoms with Crippen LogP contribution in [0.2, 0.25) is 0 Å². The van der Waals surface area contributed by atoms with Gasteiger partial charge in [-0.15, -0.1) is 11.6 Å². The van der Waals surface area contributed by atoms with E-state index in [2.05, 4.69) is 17.2 Å². The van der Waals surface area contributed by atoms with Gasteiger partial charge < -0.3 is 10.1 Å². The molecule has 2 rings (SSSR count). The quantitative estimate of drug-likeness (QED) is 0.841. The number of halogens is 1. The second kappa shape index (κ2) is 6.10. The molecular weight excluding hydrogens is 260 g/mol. The second-order valence-corrected chi connectivity index (χ2v) is 5.79. The van der Waals surface area contributed by atoms with Crippen LogP contribution in [-0.4, -0.2) is 23.5 Å². The SMILES string of the molecule is COc1c(C)cnc(CNC2(CCl)CCCC2)c1C. The molecule has 0 spiro atoms. The summed E-state index contributed by atoms with van der Waals surface area (Å²) in [6.07, 6.45) is 6.74. The lowest BCUT2D eigenvalue weighted by atomic mass is 10.00. The number of nitrogens with zero attached hydrogens (tertiary/aromatic N) is 1. The van der Waals surface area contributed by atoms with E-state index in [-0.39, 0.29) is 5.54 Å². The Morgan fingerprint density at radius 3 is 2.63 bits per heavy atom. The van der Waals surface area contributed by atoms with Gasteiger partial charge in [0, 0.05) is 35.3 Å². The molecule has 0 aromatic carbocycles. The molecule has 0 unspecified atom stereocenters. The van der Waals surface area contributed by atoms with Crippen LogP contribution in [0, 0.1) is 13.8 Å². The third-order valence-electron chi connectivity index (χ3n) is 4.20. The number of alkyl halides is 1. The van der Waals surface area contributed by atoms with Gasteiger partial charge in [0.2, 0.25) is 0 Å². The summed E-state index contributed by atoms with van der Waals surface area (Å²) >= 11 is 6.15. The monoisotopic (exact) mass is 282 g/mol. The molecule has 0 amide bonds. The van der Waals surface area contributed by atoms with Crippen LogP contribution in [0.15, 0.2) is 6.20 Å². The molecule has 0 radical (unpaired) electrons. The van der Waals surface area contributed by atoms with Crippen molar-refractivity contribution in [1.29, 1.82) is 0 Å². The highest BCUT2D eigenvalue weighted by Crippen LogP contribution is 2.31. The standard InChI is InChI=1S/C15H23ClN2O/c1-11-8-17-13(12(2)14(11)19-3)9-18-15(10-16)6-4-5-7-15/h8,18H,4-7,9-10H2,1-3H3. The Labute approximate surface area is 120 Å². The van der Waals surface area contributed by atoms with Crippen LogP contribution in [0.4, 0.5) is 0 Å². The van der Waals surface area contributed by atoms with E-state index in [0.717, 1.165) is 29.1 Å². The number of aromatic nitrogens is 1. The Bertz CT molecular complexity index is 442. The van der Waals surface area contributed by atoms with E-state index in [1.54, 1.807) is 7.11 Å². The van der Waals surface area contributed by atoms with E-state index >= 15 is 0 Å². The third kappa shape index (κ3) is 3.03. The summed E-state index contributed by atoms with van der Waals surface area (Å²) in [5, 5.41) is 3.62. The molecule has 1 aromatic heterocycles. The average molecular weight is 283 g/mol. The molecule has 1 aromatic rings. The topological polar surface area (TPSA) is 34.1 Å². The predicted octanol–water partition coefficient (Wildman–Crippen LogP) is 3.35. The molecule has 1 aliphatic carbocycles. The molecule has 1 saturated carbocycles. The van der Waals surface area contributed by atoms with Crippen molar-refractivity contribution in [2.75, 3.05) is 13.0 Å². The van der Waals surface area contributed by atoms with E-state index in [9.17, 15) is 0 Å². The summed E-state index contributed by atoms with van der Waals surface area (Å²) in [5.41, 5.74) is 3.36. The first-order valence-electron chi connectivity index (χ1n) is 6.92. The largest absolute Gasteiger partial charge is 0.496 e. The number of nitrogens with one attached hydrogen (secondary N) is 1. The van der Waals surface area contributed by atoms with Crippen molar-refractivity contribution in [2.45, 2.75) is 51.6 Å². The van der Waals surface area contributed by atoms with E-state index in [0.29, 0.717) is 5.88 Å². The van der Waals surface area contributed by atoms with Gasteiger partial charge >= 0.3 is 0 Å². The first kappa shape index (κ1) is 14.6. The van der Waals surface area contributed by atoms with E-state index in [1.807, 2.05) is 13.1 Å². The summed E-state index contributed by atoms with van der Waals surface area (Å²) in [4.78, 5) is 4.53. The van der Waals surface area contributed by atoms with Crippen molar-refractivity contribution in [3.8, 4) is 5.75 Å². The number of ether oxygens (including phenoxy) is 1. The molecule has 1 fully saturated rings. The van der Waals surface area contributed by atoms with Crippen LogP contribution in [0.1, 0.15) is 42.5 Å². The maximum Gasteiger partial charge on any atom is 0.128 e. The molecule has 1 N–H and O–H groups in total. The zero-order valence-corrected chi connectivity index (χ0v) is 12.8. The van der Waals surface area contributed by atoms with Crippen molar-refractivity contribution in [3.05, 3.63) is 23.0 Å². The van der Waals surface area contributed by atoms with Gasteiger partial charge in [0.15, 0.2) is 0 Å². The van der Waals surface area contributed by atoms with Crippen LogP contribution in [-0.2, 0) is 6.54 Å². The Kier molecular flexibility index (Phi) is 4.69. The van der Waals surface area contributed by atoms with Crippen molar-refractivity contribution in [3.63, 3.8) is 0 Å². The molecule has 0 aliphatic heterocycles. The van der Waals surface area contributed by atoms with Gasteiger partial charge in [-0.25, -0.2) is 0 Å². The Morgan fingerprint density at radius 1 is 1.37 bits per heavy atom. The van der Waals surface area contributed by atoms with Crippen LogP contribution in [0.25, 0.3) is 0 Å². The van der Waals surface area contributed by atoms with Gasteiger partial charge in [-0.2, -0.15) is 0 Å². The van der Waals surface area contributed by atoms with Gasteiger partial charge in [-0.3, -0.25) is 4.98 Å². The second-order valence-electron chi connectivity index (χ2n) is 5.52. The van der Waals surface area contributed by atoms with Gasteiger partial charge in [-0.1, -0.05) is 12.8 Å². The van der Waals surface area contributed by atoms with Crippen LogP contribution >= 0.6 is 11.6 Å². The van der Waals surface area contributed by atoms with Crippen molar-refractivity contribution >= 4 is 11.6 Å². The minimum atomic E-state index is 0.105. The lowest BCUT2D eigenvalue weighted by Gasteiger charge is -2.28. The number of rotatable bonds is 5. The summed E-state index contributed by atoms with van der Waals surface area (Å²) < 4.78 is 5.45. The summed E-state index contributed by atoms with van der Waals surface area (Å²) in [7, 11) is 1.71. The molecular formula is C15H23ClN2O. The Morgan fingerprint density at radius 2 is 2.05 bits per heavy atom. The van der Waals surface area contributed by atoms with Gasteiger partial charge in [-0.05, 0) is 26.7 Å². The minimum Gasteiger partial charge on any atom is -0.496 e. The number of hydrogen-bond donors (Lipinski definition) is 1. The van der Waals surface area contributed by atoms with Crippen molar-refractivity contribution < 1.29 is 4.74 Å². The molecule has 19 heavy (non-hydrogen) atoms. The lowest BCUT2D eigenvalue weighted by Crippen LogP contribution is -2.44. The van der Waals surface area contributed by atoms with Gasteiger partial charge in [0.05, 0.1) is 12.8 Å². The summed E-state index contributed by atoms with van der Waals surface area (Å²) in [5.74, 6) is 1.62. The zero-order valence-electron chi connectivity index (χ0n) is 12.1. The highest BCUT2D eigenvalue weighted by molar-refractivity contribution is 6.18. The molecule has 1 aliphatic rings. The first-order chi connectivity index (χ1) is 9.12. The van der Waals surface area contributed by atoms with Crippen LogP contribution in [0.5, 0.6) is 5.75 Å². The normalized spacial score (nSPS) is 17.7. The molecule has 1 heterocycles. The lowest BCUT2D eigenvalue weighted by molar-refractivity contribution is 0.363. The molecule has 3 nitrogen and oxygen atoms in total. The molecule has 106 valence electrons. The van der Waals surface area contributed by atoms with Gasteiger partial charge in [0.1, 0.15) is 5.75 Å². The molecule has 0 saturated heterocycles. The summed E-state index contributed by atoms with van der Waals surface area (Å²) in [6.45, 7) is 4.85. The maximum absolute atomic E-state index is 6.15. The number of aryl methyl sites for hydroxylation is 1. The molecule has 4 heteroatoms. The fourth-order valence-electron chi connectivity index (χ4n) is 2.93. The number of methoxy groups -OCH3 is 1. The first-order valence-corrected chi connectivity index (χ1v) is 7.45. The van der Waals surface area contributed by atoms with Crippen molar-refractivity contribution in [1.82, 2.24) is 10.3 Å².